The Morgan fingerprint density at radius 3 is 2.63 bits per heavy atom. The second kappa shape index (κ2) is 4.37. The molecule has 1 fully saturated rings. The molecule has 0 atom stereocenters. The first-order valence-electron chi connectivity index (χ1n) is 6.08. The molecular weight excluding hydrogens is 319 g/mol. The molecule has 0 radical (unpaired) electrons. The third-order valence-electron chi connectivity index (χ3n) is 3.85. The molecule has 2 aliphatic rings. The summed E-state index contributed by atoms with van der Waals surface area (Å²) in [5.41, 5.74) is -0.940. The van der Waals surface area contributed by atoms with Crippen molar-refractivity contribution in [2.45, 2.75) is 24.7 Å². The van der Waals surface area contributed by atoms with E-state index in [4.69, 9.17) is 9.47 Å². The van der Waals surface area contributed by atoms with E-state index in [-0.39, 0.29) is 10.0 Å². The van der Waals surface area contributed by atoms with Gasteiger partial charge in [0.1, 0.15) is 19.0 Å². The average Bonchev–Trinajstić information content (AvgIpc) is 2.33. The highest BCUT2D eigenvalue weighted by Crippen LogP contribution is 2.50. The first kappa shape index (κ1) is 12.7. The molecular formula is C13H12BrFO4. The summed E-state index contributed by atoms with van der Waals surface area (Å²) in [5, 5.41) is 9.40. The molecule has 0 amide bonds. The fourth-order valence-electron chi connectivity index (χ4n) is 2.60. The summed E-state index contributed by atoms with van der Waals surface area (Å²) in [6, 6.07) is 1.47. The Morgan fingerprint density at radius 2 is 2.05 bits per heavy atom. The Morgan fingerprint density at radius 1 is 1.37 bits per heavy atom. The van der Waals surface area contributed by atoms with Crippen LogP contribution in [0.2, 0.25) is 0 Å². The predicted octanol–water partition coefficient (Wildman–Crippen LogP) is 2.87. The van der Waals surface area contributed by atoms with E-state index in [1.165, 1.54) is 6.07 Å². The smallest absolute Gasteiger partial charge is 0.314 e. The quantitative estimate of drug-likeness (QED) is 0.905. The van der Waals surface area contributed by atoms with E-state index in [1.807, 2.05) is 0 Å². The van der Waals surface area contributed by atoms with E-state index in [9.17, 15) is 14.3 Å². The Balaban J connectivity index is 2.17. The molecule has 0 spiro atoms. The summed E-state index contributed by atoms with van der Waals surface area (Å²) in [6.45, 7) is 0.735. The highest BCUT2D eigenvalue weighted by Gasteiger charge is 2.48. The maximum atomic E-state index is 14.4. The summed E-state index contributed by atoms with van der Waals surface area (Å²) >= 11 is 3.14. The van der Waals surface area contributed by atoms with Crippen molar-refractivity contribution in [1.82, 2.24) is 0 Å². The van der Waals surface area contributed by atoms with E-state index in [0.717, 1.165) is 6.42 Å². The molecule has 4 nitrogen and oxygen atoms in total. The highest BCUT2D eigenvalue weighted by molar-refractivity contribution is 9.10. The van der Waals surface area contributed by atoms with Gasteiger partial charge in [0.15, 0.2) is 11.5 Å². The lowest BCUT2D eigenvalue weighted by Crippen LogP contribution is -2.43. The molecule has 1 saturated carbocycles. The first-order chi connectivity index (χ1) is 9.06. The number of benzene rings is 1. The van der Waals surface area contributed by atoms with E-state index in [0.29, 0.717) is 37.6 Å². The van der Waals surface area contributed by atoms with Gasteiger partial charge in [0.2, 0.25) is 0 Å². The van der Waals surface area contributed by atoms with Crippen LogP contribution in [-0.4, -0.2) is 24.3 Å². The van der Waals surface area contributed by atoms with Gasteiger partial charge >= 0.3 is 5.97 Å². The third kappa shape index (κ3) is 1.73. The topological polar surface area (TPSA) is 55.8 Å². The molecule has 1 aromatic rings. The fourth-order valence-corrected chi connectivity index (χ4v) is 3.12. The first-order valence-corrected chi connectivity index (χ1v) is 6.87. The van der Waals surface area contributed by atoms with Gasteiger partial charge in [-0.2, -0.15) is 0 Å². The molecule has 3 rings (SSSR count). The second-order valence-electron chi connectivity index (χ2n) is 4.82. The van der Waals surface area contributed by atoms with Crippen molar-refractivity contribution in [3.05, 3.63) is 21.9 Å². The van der Waals surface area contributed by atoms with Crippen LogP contribution >= 0.6 is 15.9 Å². The summed E-state index contributed by atoms with van der Waals surface area (Å²) in [7, 11) is 0. The minimum Gasteiger partial charge on any atom is -0.486 e. The largest absolute Gasteiger partial charge is 0.486 e. The van der Waals surface area contributed by atoms with Gasteiger partial charge < -0.3 is 14.6 Å². The lowest BCUT2D eigenvalue weighted by Gasteiger charge is -2.39. The van der Waals surface area contributed by atoms with Crippen molar-refractivity contribution < 1.29 is 23.8 Å². The van der Waals surface area contributed by atoms with Crippen molar-refractivity contribution in [2.75, 3.05) is 13.2 Å². The maximum absolute atomic E-state index is 14.4. The molecule has 102 valence electrons. The number of carbonyl (C=O) groups is 1. The van der Waals surface area contributed by atoms with E-state index in [1.54, 1.807) is 0 Å². The predicted molar refractivity (Wildman–Crippen MR) is 68.3 cm³/mol. The van der Waals surface area contributed by atoms with Gasteiger partial charge in [-0.1, -0.05) is 6.42 Å². The lowest BCUT2D eigenvalue weighted by molar-refractivity contribution is -0.147. The van der Waals surface area contributed by atoms with Crippen molar-refractivity contribution in [1.29, 1.82) is 0 Å². The molecule has 1 N–H and O–H groups in total. The number of hydrogen-bond acceptors (Lipinski definition) is 3. The SMILES string of the molecule is O=C(O)C1(c2cc3c(c(Br)c2F)OCCO3)CCC1. The van der Waals surface area contributed by atoms with Crippen LogP contribution in [0.5, 0.6) is 11.5 Å². The van der Waals surface area contributed by atoms with Gasteiger partial charge in [-0.3, -0.25) is 4.79 Å². The number of halogens is 2. The standard InChI is InChI=1S/C13H12BrFO4/c14-9-10(15)7(13(12(16)17)2-1-3-13)6-8-11(9)19-5-4-18-8/h6H,1-5H2,(H,16,17). The molecule has 1 aromatic carbocycles. The van der Waals surface area contributed by atoms with Crippen LogP contribution in [0.1, 0.15) is 24.8 Å². The van der Waals surface area contributed by atoms with Crippen LogP contribution in [0.3, 0.4) is 0 Å². The Labute approximate surface area is 117 Å². The van der Waals surface area contributed by atoms with Gasteiger partial charge in [0.25, 0.3) is 0 Å². The fraction of sp³-hybridized carbons (Fsp3) is 0.462. The summed E-state index contributed by atoms with van der Waals surface area (Å²) in [5.74, 6) is -0.831. The molecule has 0 aromatic heterocycles. The van der Waals surface area contributed by atoms with E-state index in [2.05, 4.69) is 15.9 Å². The second-order valence-corrected chi connectivity index (χ2v) is 5.61. The monoisotopic (exact) mass is 330 g/mol. The zero-order valence-corrected chi connectivity index (χ0v) is 11.6. The molecule has 0 bridgehead atoms. The Bertz CT molecular complexity index is 554. The van der Waals surface area contributed by atoms with Crippen LogP contribution in [0.15, 0.2) is 10.5 Å². The van der Waals surface area contributed by atoms with E-state index >= 15 is 0 Å². The van der Waals surface area contributed by atoms with Gasteiger partial charge in [-0.25, -0.2) is 4.39 Å². The van der Waals surface area contributed by atoms with Crippen molar-refractivity contribution in [3.63, 3.8) is 0 Å². The minimum atomic E-state index is -1.12. The molecule has 0 unspecified atom stereocenters. The minimum absolute atomic E-state index is 0.146. The number of carboxylic acid groups (broad SMARTS) is 1. The van der Waals surface area contributed by atoms with Crippen LogP contribution in [0.4, 0.5) is 4.39 Å². The average molecular weight is 331 g/mol. The molecule has 0 saturated heterocycles. The Kier molecular flexibility index (Phi) is 2.92. The van der Waals surface area contributed by atoms with Crippen molar-refractivity contribution >= 4 is 21.9 Å². The van der Waals surface area contributed by atoms with E-state index < -0.39 is 17.2 Å². The van der Waals surface area contributed by atoms with Gasteiger partial charge in [0, 0.05) is 5.56 Å². The van der Waals surface area contributed by atoms with Crippen LogP contribution in [-0.2, 0) is 10.2 Å². The third-order valence-corrected chi connectivity index (χ3v) is 4.56. The summed E-state index contributed by atoms with van der Waals surface area (Å²) in [4.78, 5) is 11.5. The van der Waals surface area contributed by atoms with Crippen LogP contribution in [0.25, 0.3) is 0 Å². The van der Waals surface area contributed by atoms with Gasteiger partial charge in [-0.15, -0.1) is 0 Å². The van der Waals surface area contributed by atoms with Gasteiger partial charge in [-0.05, 0) is 34.8 Å². The number of carboxylic acids is 1. The number of fused-ring (bicyclic) bond motifs is 1. The van der Waals surface area contributed by atoms with Crippen LogP contribution < -0.4 is 9.47 Å². The molecule has 1 aliphatic carbocycles. The number of aliphatic carboxylic acids is 1. The molecule has 1 aliphatic heterocycles. The highest BCUT2D eigenvalue weighted by atomic mass is 79.9. The lowest BCUT2D eigenvalue weighted by atomic mass is 9.64. The maximum Gasteiger partial charge on any atom is 0.314 e. The number of hydrogen-bond donors (Lipinski definition) is 1. The summed E-state index contributed by atoms with van der Waals surface area (Å²) in [6.07, 6.45) is 1.69. The van der Waals surface area contributed by atoms with Crippen molar-refractivity contribution in [2.24, 2.45) is 0 Å². The Hall–Kier alpha value is -1.30. The summed E-state index contributed by atoms with van der Waals surface area (Å²) < 4.78 is 25.4. The van der Waals surface area contributed by atoms with Crippen molar-refractivity contribution in [3.8, 4) is 11.5 Å². The number of ether oxygens (including phenoxy) is 2. The molecule has 1 heterocycles. The molecule has 19 heavy (non-hydrogen) atoms. The zero-order valence-electron chi connectivity index (χ0n) is 10.0. The normalized spacial score (nSPS) is 19.7. The molecule has 6 heteroatoms. The van der Waals surface area contributed by atoms with Crippen LogP contribution in [0, 0.1) is 5.82 Å². The van der Waals surface area contributed by atoms with Gasteiger partial charge in [0.05, 0.1) is 9.89 Å². The zero-order chi connectivity index (χ0) is 13.6. The number of rotatable bonds is 2.